The average Bonchev–Trinajstić information content (AvgIpc) is 2.98. The number of amides is 1. The molecule has 0 saturated carbocycles. The maximum atomic E-state index is 12.9. The van der Waals surface area contributed by atoms with Crippen LogP contribution < -0.4 is 0 Å². The van der Waals surface area contributed by atoms with Crippen LogP contribution in [0.5, 0.6) is 0 Å². The highest BCUT2D eigenvalue weighted by Gasteiger charge is 2.34. The molecule has 5 nitrogen and oxygen atoms in total. The van der Waals surface area contributed by atoms with Crippen molar-refractivity contribution in [1.29, 1.82) is 0 Å². The van der Waals surface area contributed by atoms with Crippen molar-refractivity contribution in [2.24, 2.45) is 0 Å². The van der Waals surface area contributed by atoms with Crippen molar-refractivity contribution in [3.63, 3.8) is 0 Å². The Morgan fingerprint density at radius 1 is 1.24 bits per heavy atom. The molecule has 2 aromatic rings. The van der Waals surface area contributed by atoms with Crippen LogP contribution in [0.15, 0.2) is 24.3 Å². The molecule has 1 atom stereocenters. The minimum atomic E-state index is 0.204. The summed E-state index contributed by atoms with van der Waals surface area (Å²) in [6.45, 7) is 8.72. The highest BCUT2D eigenvalue weighted by molar-refractivity contribution is 5.77. The normalized spacial score (nSPS) is 21.6. The van der Waals surface area contributed by atoms with Gasteiger partial charge < -0.3 is 9.47 Å². The molecule has 0 fully saturated rings. The van der Waals surface area contributed by atoms with E-state index in [4.69, 9.17) is 0 Å². The predicted octanol–water partition coefficient (Wildman–Crippen LogP) is 3.17. The molecule has 4 rings (SSSR count). The van der Waals surface area contributed by atoms with Gasteiger partial charge in [0.1, 0.15) is 5.82 Å². The van der Waals surface area contributed by atoms with Crippen molar-refractivity contribution >= 4 is 5.91 Å². The van der Waals surface area contributed by atoms with E-state index in [9.17, 15) is 4.79 Å². The molecule has 1 amide bonds. The Balaban J connectivity index is 1.50. The van der Waals surface area contributed by atoms with Gasteiger partial charge in [-0.15, -0.1) is 10.2 Å². The minimum Gasteiger partial charge on any atom is -0.333 e. The summed E-state index contributed by atoms with van der Waals surface area (Å²) in [5.41, 5.74) is 2.98. The molecule has 0 saturated heterocycles. The highest BCUT2D eigenvalue weighted by atomic mass is 16.2. The molecule has 5 heteroatoms. The van der Waals surface area contributed by atoms with E-state index in [1.165, 1.54) is 11.1 Å². The Hall–Kier alpha value is -2.17. The van der Waals surface area contributed by atoms with Gasteiger partial charge in [-0.05, 0) is 42.2 Å². The molecule has 1 aliphatic heterocycles. The predicted molar refractivity (Wildman–Crippen MR) is 96.2 cm³/mol. The molecular weight excluding hydrogens is 312 g/mol. The number of benzene rings is 1. The molecule has 132 valence electrons. The Morgan fingerprint density at radius 2 is 2.04 bits per heavy atom. The van der Waals surface area contributed by atoms with E-state index in [2.05, 4.69) is 52.9 Å². The molecule has 1 aromatic heterocycles. The fourth-order valence-corrected chi connectivity index (χ4v) is 4.36. The number of aryl methyl sites for hydroxylation is 1. The van der Waals surface area contributed by atoms with Crippen LogP contribution in [0.3, 0.4) is 0 Å². The number of fused-ring (bicyclic) bond motifs is 2. The second-order valence-electron chi connectivity index (χ2n) is 8.04. The van der Waals surface area contributed by atoms with Crippen molar-refractivity contribution in [2.45, 2.75) is 64.5 Å². The van der Waals surface area contributed by atoms with E-state index in [0.717, 1.165) is 37.6 Å². The van der Waals surface area contributed by atoms with E-state index in [0.29, 0.717) is 18.9 Å². The summed E-state index contributed by atoms with van der Waals surface area (Å²) in [4.78, 5) is 14.9. The number of rotatable bonds is 2. The minimum absolute atomic E-state index is 0.204. The van der Waals surface area contributed by atoms with Gasteiger partial charge >= 0.3 is 0 Å². The van der Waals surface area contributed by atoms with Gasteiger partial charge in [0.25, 0.3) is 0 Å². The van der Waals surface area contributed by atoms with Gasteiger partial charge in [-0.2, -0.15) is 0 Å². The van der Waals surface area contributed by atoms with E-state index in [1.54, 1.807) is 0 Å². The Kier molecular flexibility index (Phi) is 3.89. The van der Waals surface area contributed by atoms with Crippen molar-refractivity contribution in [2.75, 3.05) is 6.54 Å². The van der Waals surface area contributed by atoms with Gasteiger partial charge in [0.2, 0.25) is 5.91 Å². The zero-order valence-corrected chi connectivity index (χ0v) is 15.3. The topological polar surface area (TPSA) is 51.0 Å². The summed E-state index contributed by atoms with van der Waals surface area (Å²) in [5, 5.41) is 8.34. The second-order valence-corrected chi connectivity index (χ2v) is 8.04. The van der Waals surface area contributed by atoms with Crippen LogP contribution in [0, 0.1) is 6.92 Å². The lowest BCUT2D eigenvalue weighted by Gasteiger charge is -2.38. The van der Waals surface area contributed by atoms with E-state index >= 15 is 0 Å². The number of carbonyl (C=O) groups excluding carboxylic acids is 1. The van der Waals surface area contributed by atoms with Crippen LogP contribution in [0.2, 0.25) is 0 Å². The smallest absolute Gasteiger partial charge is 0.223 e. The lowest BCUT2D eigenvalue weighted by molar-refractivity contribution is -0.133. The molecule has 25 heavy (non-hydrogen) atoms. The lowest BCUT2D eigenvalue weighted by atomic mass is 9.68. The molecular formula is C20H26N4O. The summed E-state index contributed by atoms with van der Waals surface area (Å²) < 4.78 is 2.11. The first-order valence-corrected chi connectivity index (χ1v) is 9.21. The van der Waals surface area contributed by atoms with Gasteiger partial charge in [0.15, 0.2) is 5.82 Å². The van der Waals surface area contributed by atoms with E-state index in [-0.39, 0.29) is 11.3 Å². The van der Waals surface area contributed by atoms with Gasteiger partial charge in [-0.3, -0.25) is 4.79 Å². The maximum Gasteiger partial charge on any atom is 0.223 e. The van der Waals surface area contributed by atoms with Gasteiger partial charge in [0.05, 0.1) is 6.54 Å². The van der Waals surface area contributed by atoms with Crippen molar-refractivity contribution in [3.8, 4) is 0 Å². The lowest BCUT2D eigenvalue weighted by Crippen LogP contribution is -2.39. The summed E-state index contributed by atoms with van der Waals surface area (Å²) >= 11 is 0. The monoisotopic (exact) mass is 338 g/mol. The van der Waals surface area contributed by atoms with Gasteiger partial charge in [-0.25, -0.2) is 0 Å². The van der Waals surface area contributed by atoms with Crippen molar-refractivity contribution in [1.82, 2.24) is 19.7 Å². The van der Waals surface area contributed by atoms with Gasteiger partial charge in [0, 0.05) is 19.5 Å². The molecule has 0 radical (unpaired) electrons. The summed E-state index contributed by atoms with van der Waals surface area (Å²) in [5.74, 6) is 2.41. The van der Waals surface area contributed by atoms with Crippen LogP contribution in [0.4, 0.5) is 0 Å². The zero-order valence-electron chi connectivity index (χ0n) is 15.3. The fourth-order valence-electron chi connectivity index (χ4n) is 4.36. The highest BCUT2D eigenvalue weighted by Crippen LogP contribution is 2.43. The Morgan fingerprint density at radius 3 is 2.88 bits per heavy atom. The van der Waals surface area contributed by atoms with Crippen LogP contribution in [0.25, 0.3) is 0 Å². The number of hydrogen-bond donors (Lipinski definition) is 0. The largest absolute Gasteiger partial charge is 0.333 e. The summed E-state index contributed by atoms with van der Waals surface area (Å²) in [6, 6.07) is 8.66. The number of carbonyl (C=O) groups is 1. The molecule has 2 heterocycles. The molecule has 0 spiro atoms. The van der Waals surface area contributed by atoms with Crippen LogP contribution in [0.1, 0.15) is 61.8 Å². The van der Waals surface area contributed by atoms with Crippen LogP contribution >= 0.6 is 0 Å². The SMILES string of the molecule is Cc1nnc2n1CCN(C(=O)C[C@H]1CCC(C)(C)c3ccccc31)C2. The third kappa shape index (κ3) is 2.86. The standard InChI is InChI=1S/C20H26N4O/c1-14-21-22-18-13-23(10-11-24(14)18)19(25)12-15-8-9-20(2,3)17-7-5-4-6-16(15)17/h4-7,15H,8-13H2,1-3H3/t15-/m1/s1. The van der Waals surface area contributed by atoms with Crippen LogP contribution in [-0.2, 0) is 23.3 Å². The number of nitrogens with zero attached hydrogens (tertiary/aromatic N) is 4. The first-order chi connectivity index (χ1) is 12.0. The molecule has 1 aromatic carbocycles. The number of aromatic nitrogens is 3. The third-order valence-corrected chi connectivity index (χ3v) is 5.96. The fraction of sp³-hybridized carbons (Fsp3) is 0.550. The quantitative estimate of drug-likeness (QED) is 0.845. The molecule has 0 N–H and O–H groups in total. The average molecular weight is 338 g/mol. The molecule has 1 aliphatic carbocycles. The third-order valence-electron chi connectivity index (χ3n) is 5.96. The second kappa shape index (κ2) is 5.97. The number of hydrogen-bond acceptors (Lipinski definition) is 3. The van der Waals surface area contributed by atoms with Crippen LogP contribution in [-0.4, -0.2) is 32.1 Å². The first-order valence-electron chi connectivity index (χ1n) is 9.21. The van der Waals surface area contributed by atoms with E-state index < -0.39 is 0 Å². The van der Waals surface area contributed by atoms with Gasteiger partial charge in [-0.1, -0.05) is 38.1 Å². The summed E-state index contributed by atoms with van der Waals surface area (Å²) in [7, 11) is 0. The molecule has 2 aliphatic rings. The summed E-state index contributed by atoms with van der Waals surface area (Å²) in [6.07, 6.45) is 2.81. The zero-order chi connectivity index (χ0) is 17.6. The Labute approximate surface area is 149 Å². The molecule has 0 unspecified atom stereocenters. The van der Waals surface area contributed by atoms with Crippen molar-refractivity contribution < 1.29 is 4.79 Å². The van der Waals surface area contributed by atoms with E-state index in [1.807, 2.05) is 11.8 Å². The molecule has 0 bridgehead atoms. The van der Waals surface area contributed by atoms with Crippen molar-refractivity contribution in [3.05, 3.63) is 47.0 Å². The first kappa shape index (κ1) is 16.3. The maximum absolute atomic E-state index is 12.9. The Bertz CT molecular complexity index is 808.